The molecule has 1 N–H and O–H groups in total. The molecule has 3 rings (SSSR count). The molecule has 0 radical (unpaired) electrons. The third kappa shape index (κ3) is 3.99. The van der Waals surface area contributed by atoms with Crippen molar-refractivity contribution < 1.29 is 0 Å². The van der Waals surface area contributed by atoms with Gasteiger partial charge >= 0.3 is 0 Å². The molecule has 0 spiro atoms. The summed E-state index contributed by atoms with van der Waals surface area (Å²) in [5, 5.41) is 4.85. The number of fused-ring (bicyclic) bond motifs is 1. The normalized spacial score (nSPS) is 12.5. The Balaban J connectivity index is 1.94. The largest absolute Gasteiger partial charge is 0.348 e. The Morgan fingerprint density at radius 2 is 1.84 bits per heavy atom. The lowest BCUT2D eigenvalue weighted by molar-refractivity contribution is 0.521. The van der Waals surface area contributed by atoms with E-state index in [0.717, 1.165) is 10.9 Å². The van der Waals surface area contributed by atoms with Crippen LogP contribution in [0, 0.1) is 5.92 Å². The summed E-state index contributed by atoms with van der Waals surface area (Å²) in [6.45, 7) is 6.81. The lowest BCUT2D eigenvalue weighted by Gasteiger charge is -2.16. The van der Waals surface area contributed by atoms with Crippen molar-refractivity contribution in [2.24, 2.45) is 5.92 Å². The SMILES string of the molecule is CC(C)Cn1c(=O)ccc2cnc(N[C@@H](C)c3ccc(Cl)cc3)nc21. The maximum Gasteiger partial charge on any atom is 0.252 e. The Hall–Kier alpha value is -2.40. The van der Waals surface area contributed by atoms with E-state index < -0.39 is 0 Å². The first-order valence-electron chi connectivity index (χ1n) is 8.32. The van der Waals surface area contributed by atoms with E-state index in [1.165, 1.54) is 0 Å². The number of hydrogen-bond donors (Lipinski definition) is 1. The summed E-state index contributed by atoms with van der Waals surface area (Å²) in [5.41, 5.74) is 1.69. The molecule has 1 atom stereocenters. The Kier molecular flexibility index (Phi) is 5.04. The van der Waals surface area contributed by atoms with Crippen molar-refractivity contribution in [2.45, 2.75) is 33.4 Å². The number of benzene rings is 1. The summed E-state index contributed by atoms with van der Waals surface area (Å²) in [4.78, 5) is 21.2. The van der Waals surface area contributed by atoms with Gasteiger partial charge in [-0.15, -0.1) is 0 Å². The number of nitrogens with one attached hydrogen (secondary N) is 1. The van der Waals surface area contributed by atoms with E-state index in [1.807, 2.05) is 31.2 Å². The summed E-state index contributed by atoms with van der Waals surface area (Å²) in [7, 11) is 0. The van der Waals surface area contributed by atoms with Crippen LogP contribution in [0.2, 0.25) is 5.02 Å². The van der Waals surface area contributed by atoms with Crippen LogP contribution in [0.3, 0.4) is 0 Å². The molecule has 6 heteroatoms. The monoisotopic (exact) mass is 356 g/mol. The molecule has 3 aromatic rings. The number of rotatable bonds is 5. The lowest BCUT2D eigenvalue weighted by Crippen LogP contribution is -2.23. The van der Waals surface area contributed by atoms with Crippen LogP contribution >= 0.6 is 11.6 Å². The first-order chi connectivity index (χ1) is 11.9. The van der Waals surface area contributed by atoms with E-state index >= 15 is 0 Å². The van der Waals surface area contributed by atoms with Crippen LogP contribution in [0.1, 0.15) is 32.4 Å². The summed E-state index contributed by atoms with van der Waals surface area (Å²) in [6.07, 6.45) is 1.75. The highest BCUT2D eigenvalue weighted by atomic mass is 35.5. The average Bonchev–Trinajstić information content (AvgIpc) is 2.58. The molecule has 0 aliphatic heterocycles. The molecule has 0 saturated carbocycles. The van der Waals surface area contributed by atoms with Crippen molar-refractivity contribution in [1.29, 1.82) is 0 Å². The van der Waals surface area contributed by atoms with Gasteiger partial charge in [-0.05, 0) is 36.6 Å². The number of pyridine rings is 1. The van der Waals surface area contributed by atoms with Crippen molar-refractivity contribution in [3.05, 3.63) is 63.5 Å². The van der Waals surface area contributed by atoms with Gasteiger partial charge in [-0.1, -0.05) is 37.6 Å². The molecule has 5 nitrogen and oxygen atoms in total. The van der Waals surface area contributed by atoms with Crippen molar-refractivity contribution in [3.63, 3.8) is 0 Å². The van der Waals surface area contributed by atoms with Crippen LogP contribution in [0.15, 0.2) is 47.4 Å². The Labute approximate surface area is 151 Å². The summed E-state index contributed by atoms with van der Waals surface area (Å²) in [5.74, 6) is 0.848. The van der Waals surface area contributed by atoms with E-state index in [9.17, 15) is 4.79 Å². The fourth-order valence-electron chi connectivity index (χ4n) is 2.71. The molecular formula is C19H21ClN4O. The Morgan fingerprint density at radius 3 is 2.52 bits per heavy atom. The molecule has 25 heavy (non-hydrogen) atoms. The highest BCUT2D eigenvalue weighted by Crippen LogP contribution is 2.20. The maximum atomic E-state index is 12.2. The highest BCUT2D eigenvalue weighted by molar-refractivity contribution is 6.30. The standard InChI is InChI=1S/C19H21ClN4O/c1-12(2)11-24-17(25)9-6-15-10-21-19(23-18(15)24)22-13(3)14-4-7-16(20)8-5-14/h4-10,12-13H,11H2,1-3H3,(H,21,22,23)/t13-/m0/s1. The van der Waals surface area contributed by atoms with Crippen LogP contribution in [-0.2, 0) is 6.54 Å². The van der Waals surface area contributed by atoms with Gasteiger partial charge in [0.05, 0.1) is 6.04 Å². The number of halogens is 1. The van der Waals surface area contributed by atoms with E-state index in [1.54, 1.807) is 22.9 Å². The molecule has 2 heterocycles. The number of nitrogens with zero attached hydrogens (tertiary/aromatic N) is 3. The molecule has 0 bridgehead atoms. The van der Waals surface area contributed by atoms with Gasteiger partial charge in [0.1, 0.15) is 5.65 Å². The number of hydrogen-bond acceptors (Lipinski definition) is 4. The van der Waals surface area contributed by atoms with E-state index in [-0.39, 0.29) is 11.6 Å². The van der Waals surface area contributed by atoms with Gasteiger partial charge in [0.2, 0.25) is 5.95 Å². The number of anilines is 1. The van der Waals surface area contributed by atoms with Gasteiger partial charge in [0.15, 0.2) is 0 Å². The molecule has 0 saturated heterocycles. The van der Waals surface area contributed by atoms with Gasteiger partial charge in [-0.3, -0.25) is 9.36 Å². The number of aromatic nitrogens is 3. The maximum absolute atomic E-state index is 12.2. The van der Waals surface area contributed by atoms with E-state index in [4.69, 9.17) is 11.6 Å². The minimum Gasteiger partial charge on any atom is -0.348 e. The van der Waals surface area contributed by atoms with Crippen LogP contribution in [0.4, 0.5) is 5.95 Å². The summed E-state index contributed by atoms with van der Waals surface area (Å²) < 4.78 is 1.71. The van der Waals surface area contributed by atoms with Crippen LogP contribution < -0.4 is 10.9 Å². The van der Waals surface area contributed by atoms with E-state index in [2.05, 4.69) is 29.1 Å². The molecule has 2 aromatic heterocycles. The molecule has 130 valence electrons. The van der Waals surface area contributed by atoms with Crippen LogP contribution in [-0.4, -0.2) is 14.5 Å². The zero-order chi connectivity index (χ0) is 18.0. The fourth-order valence-corrected chi connectivity index (χ4v) is 2.84. The first-order valence-corrected chi connectivity index (χ1v) is 8.70. The second-order valence-electron chi connectivity index (χ2n) is 6.57. The second kappa shape index (κ2) is 7.23. The zero-order valence-corrected chi connectivity index (χ0v) is 15.3. The third-order valence-corrected chi connectivity index (χ3v) is 4.24. The van der Waals surface area contributed by atoms with Gasteiger partial charge in [-0.2, -0.15) is 4.98 Å². The molecule has 0 unspecified atom stereocenters. The quantitative estimate of drug-likeness (QED) is 0.741. The molecule has 0 amide bonds. The Bertz CT molecular complexity index is 934. The van der Waals surface area contributed by atoms with Crippen molar-refractivity contribution in [1.82, 2.24) is 14.5 Å². The van der Waals surface area contributed by atoms with Crippen molar-refractivity contribution >= 4 is 28.6 Å². The van der Waals surface area contributed by atoms with Crippen molar-refractivity contribution in [2.75, 3.05) is 5.32 Å². The zero-order valence-electron chi connectivity index (χ0n) is 14.5. The second-order valence-corrected chi connectivity index (χ2v) is 7.00. The van der Waals surface area contributed by atoms with Crippen LogP contribution in [0.5, 0.6) is 0 Å². The summed E-state index contributed by atoms with van der Waals surface area (Å²) >= 11 is 5.94. The van der Waals surface area contributed by atoms with E-state index in [0.29, 0.717) is 29.1 Å². The van der Waals surface area contributed by atoms with Gasteiger partial charge in [0.25, 0.3) is 5.56 Å². The fraction of sp³-hybridized carbons (Fsp3) is 0.316. The predicted octanol–water partition coefficient (Wildman–Crippen LogP) is 4.27. The highest BCUT2D eigenvalue weighted by Gasteiger charge is 2.11. The first kappa shape index (κ1) is 17.4. The molecule has 0 fully saturated rings. The minimum absolute atomic E-state index is 0.0173. The molecule has 0 aliphatic carbocycles. The smallest absolute Gasteiger partial charge is 0.252 e. The topological polar surface area (TPSA) is 59.8 Å². The van der Waals surface area contributed by atoms with Gasteiger partial charge in [0, 0.05) is 29.2 Å². The average molecular weight is 357 g/mol. The van der Waals surface area contributed by atoms with Gasteiger partial charge in [-0.25, -0.2) is 4.98 Å². The van der Waals surface area contributed by atoms with Crippen molar-refractivity contribution in [3.8, 4) is 0 Å². The minimum atomic E-state index is -0.0448. The molecular weight excluding hydrogens is 336 g/mol. The third-order valence-electron chi connectivity index (χ3n) is 3.99. The van der Waals surface area contributed by atoms with Crippen LogP contribution in [0.25, 0.3) is 11.0 Å². The summed E-state index contributed by atoms with van der Waals surface area (Å²) in [6, 6.07) is 11.0. The lowest BCUT2D eigenvalue weighted by atomic mass is 10.1. The molecule has 1 aromatic carbocycles. The predicted molar refractivity (Wildman–Crippen MR) is 102 cm³/mol. The molecule has 0 aliphatic rings. The van der Waals surface area contributed by atoms with Gasteiger partial charge < -0.3 is 5.32 Å². The Morgan fingerprint density at radius 1 is 1.12 bits per heavy atom.